The number of nitrogens with one attached hydrogen (secondary N) is 1. The van der Waals surface area contributed by atoms with E-state index in [0.29, 0.717) is 0 Å². The van der Waals surface area contributed by atoms with Gasteiger partial charge < -0.3 is 5.32 Å². The van der Waals surface area contributed by atoms with E-state index in [1.807, 2.05) is 20.8 Å². The van der Waals surface area contributed by atoms with E-state index in [1.54, 1.807) is 5.32 Å². The maximum Gasteiger partial charge on any atom is 0.269 e. The number of carbonyl (C=O) groups excluding carboxylic acids is 1. The highest BCUT2D eigenvalue weighted by Crippen LogP contribution is 2.28. The van der Waals surface area contributed by atoms with Gasteiger partial charge in [-0.25, -0.2) is 0 Å². The highest BCUT2D eigenvalue weighted by Gasteiger charge is 2.40. The summed E-state index contributed by atoms with van der Waals surface area (Å²) in [5.41, 5.74) is -0.139. The molecular weight excluding hydrogens is 353 g/mol. The van der Waals surface area contributed by atoms with E-state index in [2.05, 4.69) is 5.32 Å². The molecule has 6 nitrogen and oxygen atoms in total. The molecule has 0 aromatic heterocycles. The molecule has 122 valence electrons. The first-order valence-electron chi connectivity index (χ1n) is 6.38. The van der Waals surface area contributed by atoms with Gasteiger partial charge in [0.1, 0.15) is 0 Å². The van der Waals surface area contributed by atoms with Crippen molar-refractivity contribution in [1.29, 1.82) is 0 Å². The molecule has 0 bridgehead atoms. The summed E-state index contributed by atoms with van der Waals surface area (Å²) in [7, 11) is 0. The van der Waals surface area contributed by atoms with Crippen molar-refractivity contribution in [3.63, 3.8) is 0 Å². The minimum absolute atomic E-state index is 0.101. The second-order valence-corrected chi connectivity index (χ2v) is 8.20. The number of nitro groups is 1. The van der Waals surface area contributed by atoms with Gasteiger partial charge in [0.2, 0.25) is 6.17 Å². The summed E-state index contributed by atoms with van der Waals surface area (Å²) in [6.07, 6.45) is -0.805. The lowest BCUT2D eigenvalue weighted by atomic mass is 10.1. The van der Waals surface area contributed by atoms with Crippen LogP contribution in [0.4, 0.5) is 5.69 Å². The van der Waals surface area contributed by atoms with Crippen molar-refractivity contribution in [2.45, 2.75) is 36.3 Å². The quantitative estimate of drug-likeness (QED) is 0.369. The third kappa shape index (κ3) is 5.96. The fraction of sp³-hybridized carbons (Fsp3) is 0.462. The molecule has 0 spiro atoms. The van der Waals surface area contributed by atoms with Gasteiger partial charge in [0.25, 0.3) is 15.4 Å². The summed E-state index contributed by atoms with van der Waals surface area (Å²) in [6, 6.07) is 5.18. The first-order chi connectivity index (χ1) is 9.90. The van der Waals surface area contributed by atoms with Crippen molar-refractivity contribution < 1.29 is 15.0 Å². The molecule has 0 heterocycles. The lowest BCUT2D eigenvalue weighted by molar-refractivity contribution is -0.749. The zero-order valence-corrected chi connectivity index (χ0v) is 14.5. The molecule has 0 saturated heterocycles. The Morgan fingerprint density at radius 1 is 1.23 bits per heavy atom. The van der Waals surface area contributed by atoms with Crippen LogP contribution in [0.25, 0.3) is 0 Å². The number of non-ortho nitro benzene ring substituents is 1. The minimum atomic E-state index is -1.70. The summed E-state index contributed by atoms with van der Waals surface area (Å²) in [4.78, 5) is 22.2. The van der Waals surface area contributed by atoms with Crippen molar-refractivity contribution in [2.24, 2.45) is 0 Å². The number of nitrogens with zero attached hydrogens (tertiary/aromatic N) is 1. The molecule has 0 unspecified atom stereocenters. The predicted molar refractivity (Wildman–Crippen MR) is 86.3 cm³/mol. The van der Waals surface area contributed by atoms with Crippen molar-refractivity contribution in [1.82, 2.24) is 5.32 Å². The number of hydrogen-bond acceptors (Lipinski definition) is 3. The lowest BCUT2D eigenvalue weighted by Crippen LogP contribution is -3.03. The molecule has 0 aliphatic heterocycles. The Labute approximate surface area is 143 Å². The number of carbonyl (C=O) groups is 1. The van der Waals surface area contributed by atoms with E-state index >= 15 is 0 Å². The SMILES string of the molecule is CC(C)(C)[NH2+][C@@H](NC(=O)c1ccc([N+](=O)[O-])cc1)C(Cl)(Cl)Cl. The highest BCUT2D eigenvalue weighted by molar-refractivity contribution is 6.68. The third-order valence-electron chi connectivity index (χ3n) is 2.65. The smallest absolute Gasteiger partial charge is 0.269 e. The lowest BCUT2D eigenvalue weighted by Gasteiger charge is -2.29. The van der Waals surface area contributed by atoms with Crippen LogP contribution in [0.1, 0.15) is 31.1 Å². The summed E-state index contributed by atoms with van der Waals surface area (Å²) in [6.45, 7) is 5.73. The second kappa shape index (κ2) is 7.00. The number of benzene rings is 1. The molecule has 22 heavy (non-hydrogen) atoms. The van der Waals surface area contributed by atoms with Gasteiger partial charge in [-0.15, -0.1) is 0 Å². The van der Waals surface area contributed by atoms with Crippen LogP contribution in [0.5, 0.6) is 0 Å². The first kappa shape index (κ1) is 19.0. The standard InChI is InChI=1S/C13H16Cl3N3O3/c1-12(2,3)18-11(13(14,15)16)17-10(20)8-4-6-9(7-5-8)19(21)22/h4-7,11,18H,1-3H3,(H,17,20)/p+1/t11-/m1/s1. The average molecular weight is 370 g/mol. The molecular formula is C13H17Cl3N3O3+. The molecule has 0 saturated carbocycles. The molecule has 1 aromatic carbocycles. The normalized spacial score (nSPS) is 13.5. The van der Waals surface area contributed by atoms with Gasteiger partial charge >= 0.3 is 0 Å². The largest absolute Gasteiger partial charge is 0.319 e. The maximum atomic E-state index is 12.2. The Morgan fingerprint density at radius 2 is 1.73 bits per heavy atom. The Balaban J connectivity index is 2.89. The van der Waals surface area contributed by atoms with Crippen molar-refractivity contribution in [3.05, 3.63) is 39.9 Å². The Kier molecular flexibility index (Phi) is 6.03. The number of rotatable bonds is 4. The van der Waals surface area contributed by atoms with Crippen molar-refractivity contribution in [3.8, 4) is 0 Å². The van der Waals surface area contributed by atoms with E-state index in [4.69, 9.17) is 34.8 Å². The predicted octanol–water partition coefficient (Wildman–Crippen LogP) is 2.38. The molecule has 0 aliphatic rings. The summed E-state index contributed by atoms with van der Waals surface area (Å²) < 4.78 is -1.70. The van der Waals surface area contributed by atoms with Crippen LogP contribution in [-0.2, 0) is 0 Å². The van der Waals surface area contributed by atoms with Gasteiger partial charge in [-0.3, -0.25) is 20.2 Å². The van der Waals surface area contributed by atoms with Crippen LogP contribution in [-0.4, -0.2) is 26.3 Å². The molecule has 0 radical (unpaired) electrons. The van der Waals surface area contributed by atoms with Crippen LogP contribution in [0.3, 0.4) is 0 Å². The van der Waals surface area contributed by atoms with Crippen LogP contribution in [0.2, 0.25) is 0 Å². The number of alkyl halides is 3. The molecule has 0 fully saturated rings. The molecule has 1 atom stereocenters. The number of halogens is 3. The molecule has 0 aliphatic carbocycles. The fourth-order valence-electron chi connectivity index (χ4n) is 1.68. The number of nitrogens with two attached hydrogens (primary N) is 1. The van der Waals surface area contributed by atoms with E-state index < -0.39 is 20.8 Å². The van der Waals surface area contributed by atoms with Crippen LogP contribution in [0, 0.1) is 10.1 Å². The summed E-state index contributed by atoms with van der Waals surface area (Å²) in [5.74, 6) is -0.480. The van der Waals surface area contributed by atoms with Gasteiger partial charge in [0.05, 0.1) is 10.5 Å². The molecule has 1 rings (SSSR count). The highest BCUT2D eigenvalue weighted by atomic mass is 35.6. The van der Waals surface area contributed by atoms with Crippen LogP contribution >= 0.6 is 34.8 Å². The topological polar surface area (TPSA) is 88.8 Å². The first-order valence-corrected chi connectivity index (χ1v) is 7.51. The van der Waals surface area contributed by atoms with E-state index in [1.165, 1.54) is 24.3 Å². The van der Waals surface area contributed by atoms with Gasteiger partial charge in [0.15, 0.2) is 0 Å². The number of quaternary nitrogens is 1. The van der Waals surface area contributed by atoms with Crippen LogP contribution in [0.15, 0.2) is 24.3 Å². The van der Waals surface area contributed by atoms with Crippen molar-refractivity contribution >= 4 is 46.4 Å². The summed E-state index contributed by atoms with van der Waals surface area (Å²) in [5, 5.41) is 14.9. The van der Waals surface area contributed by atoms with E-state index in [9.17, 15) is 14.9 Å². The average Bonchev–Trinajstić information content (AvgIpc) is 2.35. The third-order valence-corrected chi connectivity index (χ3v) is 3.35. The van der Waals surface area contributed by atoms with E-state index in [-0.39, 0.29) is 16.8 Å². The molecule has 9 heteroatoms. The number of nitro benzene ring substituents is 1. The summed E-state index contributed by atoms with van der Waals surface area (Å²) >= 11 is 17.7. The Bertz CT molecular complexity index is 550. The van der Waals surface area contributed by atoms with Gasteiger partial charge in [0, 0.05) is 17.7 Å². The zero-order valence-electron chi connectivity index (χ0n) is 12.3. The zero-order chi connectivity index (χ0) is 17.1. The monoisotopic (exact) mass is 368 g/mol. The molecule has 1 aromatic rings. The minimum Gasteiger partial charge on any atom is -0.319 e. The Hall–Kier alpha value is -1.08. The van der Waals surface area contributed by atoms with Crippen molar-refractivity contribution in [2.75, 3.05) is 0 Å². The Morgan fingerprint density at radius 3 is 2.09 bits per heavy atom. The molecule has 1 amide bonds. The van der Waals surface area contributed by atoms with Gasteiger partial charge in [-0.2, -0.15) is 0 Å². The van der Waals surface area contributed by atoms with Crippen LogP contribution < -0.4 is 10.6 Å². The number of hydrogen-bond donors (Lipinski definition) is 2. The van der Waals surface area contributed by atoms with E-state index in [0.717, 1.165) is 0 Å². The maximum absolute atomic E-state index is 12.2. The van der Waals surface area contributed by atoms with Gasteiger partial charge in [-0.1, -0.05) is 34.8 Å². The molecule has 3 N–H and O–H groups in total. The fourth-order valence-corrected chi connectivity index (χ4v) is 2.03. The second-order valence-electron chi connectivity index (χ2n) is 5.83. The number of amides is 1. The van der Waals surface area contributed by atoms with Gasteiger partial charge in [-0.05, 0) is 32.9 Å².